The van der Waals surface area contributed by atoms with Gasteiger partial charge >= 0.3 is 13.2 Å². The normalized spacial score (nSPS) is 17.4. The lowest BCUT2D eigenvalue weighted by Crippen LogP contribution is -2.41. The van der Waals surface area contributed by atoms with Gasteiger partial charge in [0.25, 0.3) is 0 Å². The Kier molecular flexibility index (Phi) is 6.77. The molecule has 0 aliphatic carbocycles. The number of carbonyl (C=O) groups excluding carboxylic acids is 1. The maximum Gasteiger partial charge on any atom is 0.498 e. The molecule has 32 heavy (non-hydrogen) atoms. The van der Waals surface area contributed by atoms with Gasteiger partial charge in [-0.1, -0.05) is 24.3 Å². The van der Waals surface area contributed by atoms with Crippen LogP contribution in [0.2, 0.25) is 0 Å². The van der Waals surface area contributed by atoms with Crippen LogP contribution >= 0.6 is 0 Å². The molecule has 2 heterocycles. The third-order valence-corrected chi connectivity index (χ3v) is 5.99. The highest BCUT2D eigenvalue weighted by Crippen LogP contribution is 2.36. The lowest BCUT2D eigenvalue weighted by molar-refractivity contribution is 0.00578. The SMILES string of the molecule is CN(CCc1ccc(Cn2cc(B3OC(C)(C)C(C)(C)O3)cn2)cc1)C(=O)OC(C)(C)C. The number of benzene rings is 1. The van der Waals surface area contributed by atoms with Crippen LogP contribution in [0.5, 0.6) is 0 Å². The third-order valence-electron chi connectivity index (χ3n) is 5.99. The van der Waals surface area contributed by atoms with Gasteiger partial charge in [0.05, 0.1) is 17.7 Å². The highest BCUT2D eigenvalue weighted by molar-refractivity contribution is 6.62. The van der Waals surface area contributed by atoms with Crippen LogP contribution in [0.25, 0.3) is 0 Å². The molecule has 0 unspecified atom stereocenters. The van der Waals surface area contributed by atoms with Gasteiger partial charge < -0.3 is 18.9 Å². The second-order valence-electron chi connectivity index (χ2n) is 10.5. The first-order chi connectivity index (χ1) is 14.8. The largest absolute Gasteiger partial charge is 0.498 e. The summed E-state index contributed by atoms with van der Waals surface area (Å²) in [6.07, 6.45) is 4.25. The van der Waals surface area contributed by atoms with Crippen LogP contribution in [0.4, 0.5) is 4.79 Å². The number of nitrogens with zero attached hydrogens (tertiary/aromatic N) is 3. The second-order valence-corrected chi connectivity index (χ2v) is 10.5. The van der Waals surface area contributed by atoms with Gasteiger partial charge in [0, 0.05) is 31.4 Å². The van der Waals surface area contributed by atoms with Crippen molar-refractivity contribution in [3.05, 3.63) is 47.8 Å². The smallest absolute Gasteiger partial charge is 0.444 e. The van der Waals surface area contributed by atoms with E-state index >= 15 is 0 Å². The molecule has 8 heteroatoms. The molecule has 174 valence electrons. The van der Waals surface area contributed by atoms with E-state index in [1.54, 1.807) is 11.9 Å². The van der Waals surface area contributed by atoms with Gasteiger partial charge in [0.1, 0.15) is 5.60 Å². The van der Waals surface area contributed by atoms with Gasteiger partial charge in [0.15, 0.2) is 0 Å². The fourth-order valence-electron chi connectivity index (χ4n) is 3.29. The molecule has 0 saturated carbocycles. The number of ether oxygens (including phenoxy) is 1. The van der Waals surface area contributed by atoms with Gasteiger partial charge in [0.2, 0.25) is 0 Å². The molecule has 7 nitrogen and oxygen atoms in total. The van der Waals surface area contributed by atoms with Crippen molar-refractivity contribution in [2.45, 2.75) is 78.2 Å². The fraction of sp³-hybridized carbons (Fsp3) is 0.583. The van der Waals surface area contributed by atoms with Crippen LogP contribution in [0.15, 0.2) is 36.7 Å². The number of likely N-dealkylation sites (N-methyl/N-ethyl adjacent to an activating group) is 1. The van der Waals surface area contributed by atoms with Crippen LogP contribution in [-0.4, -0.2) is 58.3 Å². The zero-order chi connectivity index (χ0) is 23.7. The minimum absolute atomic E-state index is 0.300. The van der Waals surface area contributed by atoms with Crippen molar-refractivity contribution >= 4 is 18.7 Å². The monoisotopic (exact) mass is 441 g/mol. The standard InChI is InChI=1S/C24H36BN3O4/c1-22(2,3)30-21(29)27(8)14-13-18-9-11-19(12-10-18)16-28-17-20(15-26-28)25-31-23(4,5)24(6,7)32-25/h9-12,15,17H,13-14,16H2,1-8H3. The van der Waals surface area contributed by atoms with Crippen molar-refractivity contribution in [3.8, 4) is 0 Å². The molecule has 2 aromatic rings. The minimum Gasteiger partial charge on any atom is -0.444 e. The van der Waals surface area contributed by atoms with E-state index in [-0.39, 0.29) is 17.3 Å². The molecule has 1 aromatic heterocycles. The van der Waals surface area contributed by atoms with Crippen molar-refractivity contribution in [1.29, 1.82) is 0 Å². The molecule has 0 radical (unpaired) electrons. The highest BCUT2D eigenvalue weighted by atomic mass is 16.7. The number of aromatic nitrogens is 2. The highest BCUT2D eigenvalue weighted by Gasteiger charge is 2.52. The van der Waals surface area contributed by atoms with E-state index in [1.165, 1.54) is 5.56 Å². The Morgan fingerprint density at radius 3 is 2.22 bits per heavy atom. The van der Waals surface area contributed by atoms with Crippen molar-refractivity contribution in [2.75, 3.05) is 13.6 Å². The van der Waals surface area contributed by atoms with E-state index < -0.39 is 12.7 Å². The first kappa shape index (κ1) is 24.3. The Bertz CT molecular complexity index is 915. The van der Waals surface area contributed by atoms with Crippen molar-refractivity contribution in [3.63, 3.8) is 0 Å². The zero-order valence-electron chi connectivity index (χ0n) is 20.6. The molecule has 0 N–H and O–H groups in total. The van der Waals surface area contributed by atoms with E-state index in [9.17, 15) is 4.79 Å². The predicted octanol–water partition coefficient (Wildman–Crippen LogP) is 3.64. The maximum absolute atomic E-state index is 12.1. The maximum atomic E-state index is 12.1. The van der Waals surface area contributed by atoms with Gasteiger partial charge in [-0.25, -0.2) is 4.79 Å². The molecule has 0 atom stereocenters. The molecule has 1 aliphatic rings. The molecule has 1 saturated heterocycles. The van der Waals surface area contributed by atoms with Gasteiger partial charge in [-0.15, -0.1) is 0 Å². The average molecular weight is 441 g/mol. The van der Waals surface area contributed by atoms with Crippen LogP contribution in [0.3, 0.4) is 0 Å². The summed E-state index contributed by atoms with van der Waals surface area (Å²) in [5.41, 5.74) is 2.02. The summed E-state index contributed by atoms with van der Waals surface area (Å²) in [5.74, 6) is 0. The summed E-state index contributed by atoms with van der Waals surface area (Å²) in [4.78, 5) is 13.7. The van der Waals surface area contributed by atoms with Crippen LogP contribution in [0.1, 0.15) is 59.6 Å². The van der Waals surface area contributed by atoms with Gasteiger partial charge in [-0.05, 0) is 66.0 Å². The van der Waals surface area contributed by atoms with Crippen LogP contribution in [-0.2, 0) is 27.0 Å². The molecule has 1 aromatic carbocycles. The Morgan fingerprint density at radius 1 is 1.09 bits per heavy atom. The van der Waals surface area contributed by atoms with Crippen LogP contribution < -0.4 is 5.46 Å². The summed E-state index contributed by atoms with van der Waals surface area (Å²) in [6.45, 7) is 15.1. The van der Waals surface area contributed by atoms with E-state index in [2.05, 4.69) is 29.4 Å². The van der Waals surface area contributed by atoms with Crippen molar-refractivity contribution in [2.24, 2.45) is 0 Å². The molecular weight excluding hydrogens is 405 g/mol. The molecular formula is C24H36BN3O4. The Morgan fingerprint density at radius 2 is 1.66 bits per heavy atom. The summed E-state index contributed by atoms with van der Waals surface area (Å²) in [7, 11) is 1.36. The lowest BCUT2D eigenvalue weighted by atomic mass is 9.82. The van der Waals surface area contributed by atoms with E-state index in [1.807, 2.05) is 65.5 Å². The molecule has 3 rings (SSSR count). The summed E-state index contributed by atoms with van der Waals surface area (Å²) >= 11 is 0. The molecule has 1 aliphatic heterocycles. The number of hydrogen-bond acceptors (Lipinski definition) is 5. The zero-order valence-corrected chi connectivity index (χ0v) is 20.6. The summed E-state index contributed by atoms with van der Waals surface area (Å²) < 4.78 is 19.5. The van der Waals surface area contributed by atoms with Gasteiger partial charge in [-0.3, -0.25) is 4.68 Å². The number of carbonyl (C=O) groups is 1. The van der Waals surface area contributed by atoms with Crippen molar-refractivity contribution < 1.29 is 18.8 Å². The third kappa shape index (κ3) is 5.92. The second kappa shape index (κ2) is 8.91. The fourth-order valence-corrected chi connectivity index (χ4v) is 3.29. The summed E-state index contributed by atoms with van der Waals surface area (Å²) in [6, 6.07) is 8.38. The van der Waals surface area contributed by atoms with Crippen LogP contribution in [0, 0.1) is 0 Å². The number of rotatable bonds is 6. The molecule has 1 fully saturated rings. The molecule has 0 spiro atoms. The topological polar surface area (TPSA) is 65.8 Å². The first-order valence-corrected chi connectivity index (χ1v) is 11.2. The lowest BCUT2D eigenvalue weighted by Gasteiger charge is -2.32. The molecule has 1 amide bonds. The Balaban J connectivity index is 1.53. The Labute approximate surface area is 192 Å². The predicted molar refractivity (Wildman–Crippen MR) is 126 cm³/mol. The number of hydrogen-bond donors (Lipinski definition) is 0. The van der Waals surface area contributed by atoms with E-state index in [4.69, 9.17) is 14.0 Å². The van der Waals surface area contributed by atoms with Gasteiger partial charge in [-0.2, -0.15) is 5.10 Å². The minimum atomic E-state index is -0.484. The Hall–Kier alpha value is -2.32. The van der Waals surface area contributed by atoms with E-state index in [0.717, 1.165) is 17.4 Å². The first-order valence-electron chi connectivity index (χ1n) is 11.2. The summed E-state index contributed by atoms with van der Waals surface area (Å²) in [5, 5.41) is 4.48. The molecule has 0 bridgehead atoms. The van der Waals surface area contributed by atoms with E-state index in [0.29, 0.717) is 13.1 Å². The average Bonchev–Trinajstić information content (AvgIpc) is 3.21. The van der Waals surface area contributed by atoms with Crippen molar-refractivity contribution in [1.82, 2.24) is 14.7 Å². The quantitative estimate of drug-likeness (QED) is 0.641. The number of amides is 1.